The molecular formula is C7H14O4. The maximum atomic E-state index is 9.21. The predicted molar refractivity (Wildman–Crippen MR) is 38.0 cm³/mol. The molecule has 4 heteroatoms. The summed E-state index contributed by atoms with van der Waals surface area (Å²) in [6.07, 6.45) is -2.37. The third kappa shape index (κ3) is 2.13. The van der Waals surface area contributed by atoms with E-state index in [4.69, 9.17) is 14.6 Å². The van der Waals surface area contributed by atoms with Crippen LogP contribution in [-0.2, 0) is 9.47 Å². The van der Waals surface area contributed by atoms with Gasteiger partial charge in [-0.25, -0.2) is 0 Å². The van der Waals surface area contributed by atoms with Gasteiger partial charge in [0.15, 0.2) is 6.29 Å². The lowest BCUT2D eigenvalue weighted by Gasteiger charge is -2.17. The highest BCUT2D eigenvalue weighted by atomic mass is 16.7. The van der Waals surface area contributed by atoms with Crippen LogP contribution in [0.5, 0.6) is 0 Å². The minimum absolute atomic E-state index is 0.0000463. The summed E-state index contributed by atoms with van der Waals surface area (Å²) in [6.45, 7) is 3.85. The Bertz CT molecular complexity index is 126. The molecule has 11 heavy (non-hydrogen) atoms. The molecule has 1 fully saturated rings. The van der Waals surface area contributed by atoms with Crippen molar-refractivity contribution in [2.45, 2.75) is 38.4 Å². The van der Waals surface area contributed by atoms with Gasteiger partial charge in [-0.05, 0) is 13.8 Å². The van der Waals surface area contributed by atoms with E-state index in [1.54, 1.807) is 0 Å². The van der Waals surface area contributed by atoms with Crippen LogP contribution in [0.2, 0.25) is 0 Å². The minimum atomic E-state index is -0.905. The fourth-order valence-corrected chi connectivity index (χ4v) is 0.960. The minimum Gasteiger partial charge on any atom is -0.388 e. The molecule has 4 nitrogen and oxygen atoms in total. The summed E-state index contributed by atoms with van der Waals surface area (Å²) >= 11 is 0. The monoisotopic (exact) mass is 162 g/mol. The summed E-state index contributed by atoms with van der Waals surface area (Å²) in [4.78, 5) is 0. The smallest absolute Gasteiger partial charge is 0.186 e. The van der Waals surface area contributed by atoms with Gasteiger partial charge in [-0.3, -0.25) is 0 Å². The summed E-state index contributed by atoms with van der Waals surface area (Å²) < 4.78 is 10.1. The Morgan fingerprint density at radius 1 is 1.45 bits per heavy atom. The van der Waals surface area contributed by atoms with Gasteiger partial charge >= 0.3 is 0 Å². The van der Waals surface area contributed by atoms with Gasteiger partial charge in [0.25, 0.3) is 0 Å². The number of hydrogen-bond acceptors (Lipinski definition) is 4. The zero-order chi connectivity index (χ0) is 8.43. The molecule has 0 radical (unpaired) electrons. The zero-order valence-electron chi connectivity index (χ0n) is 6.73. The molecule has 66 valence electrons. The van der Waals surface area contributed by atoms with Crippen LogP contribution in [0, 0.1) is 0 Å². The Morgan fingerprint density at radius 2 is 2.09 bits per heavy atom. The quantitative estimate of drug-likeness (QED) is 0.574. The van der Waals surface area contributed by atoms with Gasteiger partial charge in [-0.2, -0.15) is 0 Å². The average Bonchev–Trinajstić information content (AvgIpc) is 2.18. The SMILES string of the molecule is CC(C)O[C@H]1OC[C@H](O)[C@H]1O. The number of ether oxygens (including phenoxy) is 2. The number of hydrogen-bond donors (Lipinski definition) is 2. The van der Waals surface area contributed by atoms with Crippen LogP contribution < -0.4 is 0 Å². The van der Waals surface area contributed by atoms with Crippen molar-refractivity contribution in [3.05, 3.63) is 0 Å². The van der Waals surface area contributed by atoms with Crippen LogP contribution in [-0.4, -0.2) is 41.4 Å². The molecule has 0 unspecified atom stereocenters. The van der Waals surface area contributed by atoms with Crippen molar-refractivity contribution in [3.8, 4) is 0 Å². The molecule has 1 heterocycles. The maximum absolute atomic E-state index is 9.21. The average molecular weight is 162 g/mol. The molecule has 1 aliphatic heterocycles. The summed E-state index contributed by atoms with van der Waals surface area (Å²) in [7, 11) is 0. The molecule has 1 rings (SSSR count). The first-order valence-electron chi connectivity index (χ1n) is 3.74. The molecule has 2 N–H and O–H groups in total. The first kappa shape index (κ1) is 8.93. The third-order valence-corrected chi connectivity index (χ3v) is 1.51. The van der Waals surface area contributed by atoms with E-state index in [0.29, 0.717) is 0 Å². The number of aliphatic hydroxyl groups is 2. The molecule has 1 aliphatic rings. The van der Waals surface area contributed by atoms with E-state index in [2.05, 4.69) is 0 Å². The predicted octanol–water partition coefficient (Wildman–Crippen LogP) is -0.510. The van der Waals surface area contributed by atoms with E-state index < -0.39 is 18.5 Å². The van der Waals surface area contributed by atoms with Crippen molar-refractivity contribution < 1.29 is 19.7 Å². The van der Waals surface area contributed by atoms with Crippen LogP contribution in [0.25, 0.3) is 0 Å². The van der Waals surface area contributed by atoms with E-state index in [-0.39, 0.29) is 12.7 Å². The highest BCUT2D eigenvalue weighted by molar-refractivity contribution is 4.77. The van der Waals surface area contributed by atoms with Gasteiger partial charge in [0.1, 0.15) is 12.2 Å². The molecule has 1 saturated heterocycles. The highest BCUT2D eigenvalue weighted by Crippen LogP contribution is 2.16. The maximum Gasteiger partial charge on any atom is 0.186 e. The van der Waals surface area contributed by atoms with Crippen LogP contribution in [0.3, 0.4) is 0 Å². The molecule has 0 aliphatic carbocycles. The lowest BCUT2D eigenvalue weighted by molar-refractivity contribution is -0.172. The van der Waals surface area contributed by atoms with Crippen LogP contribution in [0.4, 0.5) is 0 Å². The van der Waals surface area contributed by atoms with Crippen molar-refractivity contribution in [2.24, 2.45) is 0 Å². The second-order valence-electron chi connectivity index (χ2n) is 2.94. The fourth-order valence-electron chi connectivity index (χ4n) is 0.960. The van der Waals surface area contributed by atoms with Crippen LogP contribution in [0.1, 0.15) is 13.8 Å². The lowest BCUT2D eigenvalue weighted by Crippen LogP contribution is -2.33. The summed E-state index contributed by atoms with van der Waals surface area (Å²) in [6, 6.07) is 0. The standard InChI is InChI=1S/C7H14O4/c1-4(2)11-7-6(9)5(8)3-10-7/h4-9H,3H2,1-2H3/t5-,6+,7+/m0/s1. The van der Waals surface area contributed by atoms with Gasteiger partial charge in [-0.1, -0.05) is 0 Å². The second-order valence-corrected chi connectivity index (χ2v) is 2.94. The van der Waals surface area contributed by atoms with E-state index in [1.807, 2.05) is 13.8 Å². The fraction of sp³-hybridized carbons (Fsp3) is 1.00. The largest absolute Gasteiger partial charge is 0.388 e. The van der Waals surface area contributed by atoms with E-state index in [1.165, 1.54) is 0 Å². The van der Waals surface area contributed by atoms with Crippen molar-refractivity contribution in [1.82, 2.24) is 0 Å². The summed E-state index contributed by atoms with van der Waals surface area (Å²) in [5.74, 6) is 0. The van der Waals surface area contributed by atoms with Crippen LogP contribution in [0.15, 0.2) is 0 Å². The third-order valence-electron chi connectivity index (χ3n) is 1.51. The molecule has 0 aromatic rings. The van der Waals surface area contributed by atoms with Gasteiger partial charge in [0.05, 0.1) is 12.7 Å². The molecule has 0 bridgehead atoms. The lowest BCUT2D eigenvalue weighted by atomic mass is 10.2. The Hall–Kier alpha value is -0.160. The highest BCUT2D eigenvalue weighted by Gasteiger charge is 2.35. The van der Waals surface area contributed by atoms with Gasteiger partial charge < -0.3 is 19.7 Å². The molecule has 0 saturated carbocycles. The van der Waals surface area contributed by atoms with Gasteiger partial charge in [0.2, 0.25) is 0 Å². The van der Waals surface area contributed by atoms with Crippen molar-refractivity contribution >= 4 is 0 Å². The van der Waals surface area contributed by atoms with Crippen molar-refractivity contribution in [1.29, 1.82) is 0 Å². The summed E-state index contributed by atoms with van der Waals surface area (Å²) in [5, 5.41) is 18.2. The molecule has 0 spiro atoms. The number of rotatable bonds is 2. The van der Waals surface area contributed by atoms with Gasteiger partial charge in [-0.15, -0.1) is 0 Å². The Kier molecular flexibility index (Phi) is 2.84. The van der Waals surface area contributed by atoms with E-state index >= 15 is 0 Å². The van der Waals surface area contributed by atoms with E-state index in [0.717, 1.165) is 0 Å². The van der Waals surface area contributed by atoms with Crippen molar-refractivity contribution in [3.63, 3.8) is 0 Å². The first-order chi connectivity index (χ1) is 5.11. The molecule has 3 atom stereocenters. The van der Waals surface area contributed by atoms with Crippen LogP contribution >= 0.6 is 0 Å². The molecule has 0 aromatic heterocycles. The Labute approximate surface area is 65.7 Å². The molecular weight excluding hydrogens is 148 g/mol. The summed E-state index contributed by atoms with van der Waals surface area (Å²) in [5.41, 5.74) is 0. The van der Waals surface area contributed by atoms with Crippen molar-refractivity contribution in [2.75, 3.05) is 6.61 Å². The molecule has 0 aromatic carbocycles. The van der Waals surface area contributed by atoms with Gasteiger partial charge in [0, 0.05) is 0 Å². The topological polar surface area (TPSA) is 58.9 Å². The number of aliphatic hydroxyl groups excluding tert-OH is 2. The Morgan fingerprint density at radius 3 is 2.45 bits per heavy atom. The van der Waals surface area contributed by atoms with E-state index in [9.17, 15) is 5.11 Å². The Balaban J connectivity index is 2.36. The zero-order valence-corrected chi connectivity index (χ0v) is 6.73. The second kappa shape index (κ2) is 3.49. The first-order valence-corrected chi connectivity index (χ1v) is 3.74. The normalized spacial score (nSPS) is 38.5. The molecule has 0 amide bonds.